The van der Waals surface area contributed by atoms with Crippen LogP contribution in [0.5, 0.6) is 0 Å². The summed E-state index contributed by atoms with van der Waals surface area (Å²) in [7, 11) is 0. The Morgan fingerprint density at radius 2 is 2.05 bits per heavy atom. The van der Waals surface area contributed by atoms with E-state index in [1.165, 1.54) is 0 Å². The second-order valence-electron chi connectivity index (χ2n) is 4.22. The van der Waals surface area contributed by atoms with Crippen molar-refractivity contribution in [2.24, 2.45) is 0 Å². The van der Waals surface area contributed by atoms with Crippen LogP contribution in [0.3, 0.4) is 0 Å². The van der Waals surface area contributed by atoms with Crippen molar-refractivity contribution in [2.45, 2.75) is 13.8 Å². The molecule has 0 aliphatic carbocycles. The summed E-state index contributed by atoms with van der Waals surface area (Å²) in [6.07, 6.45) is 1.55. The molecule has 98 valence electrons. The van der Waals surface area contributed by atoms with Crippen molar-refractivity contribution in [3.8, 4) is 0 Å². The zero-order chi connectivity index (χ0) is 14.0. The van der Waals surface area contributed by atoms with Crippen LogP contribution in [-0.4, -0.2) is 10.9 Å². The van der Waals surface area contributed by atoms with Gasteiger partial charge in [0.25, 0.3) is 5.91 Å². The first kappa shape index (κ1) is 14.0. The number of carbonyl (C=O) groups is 1. The predicted octanol–water partition coefficient (Wildman–Crippen LogP) is 4.37. The molecule has 0 radical (unpaired) electrons. The average molecular weight is 340 g/mol. The topological polar surface area (TPSA) is 42.0 Å². The molecule has 1 heterocycles. The highest BCUT2D eigenvalue weighted by molar-refractivity contribution is 9.10. The molecule has 0 bridgehead atoms. The molecule has 2 aromatic rings. The largest absolute Gasteiger partial charge is 0.321 e. The summed E-state index contributed by atoms with van der Waals surface area (Å²) < 4.78 is 0.794. The van der Waals surface area contributed by atoms with Gasteiger partial charge in [-0.15, -0.1) is 0 Å². The van der Waals surface area contributed by atoms with Crippen molar-refractivity contribution in [1.82, 2.24) is 4.98 Å². The molecule has 5 heteroatoms. The maximum absolute atomic E-state index is 12.1. The van der Waals surface area contributed by atoms with Crippen LogP contribution in [0.2, 0.25) is 5.02 Å². The maximum Gasteiger partial charge on any atom is 0.257 e. The summed E-state index contributed by atoms with van der Waals surface area (Å²) in [5.74, 6) is -0.215. The van der Waals surface area contributed by atoms with Gasteiger partial charge in [0.2, 0.25) is 0 Å². The zero-order valence-corrected chi connectivity index (χ0v) is 12.8. The van der Waals surface area contributed by atoms with E-state index in [4.69, 9.17) is 11.6 Å². The van der Waals surface area contributed by atoms with Gasteiger partial charge in [0.05, 0.1) is 11.3 Å². The minimum Gasteiger partial charge on any atom is -0.321 e. The Kier molecular flexibility index (Phi) is 4.22. The number of hydrogen-bond acceptors (Lipinski definition) is 2. The van der Waals surface area contributed by atoms with E-state index in [0.717, 1.165) is 15.7 Å². The van der Waals surface area contributed by atoms with Crippen LogP contribution < -0.4 is 5.32 Å². The summed E-state index contributed by atoms with van der Waals surface area (Å²) in [6.45, 7) is 3.78. The predicted molar refractivity (Wildman–Crippen MR) is 80.8 cm³/mol. The molecule has 0 fully saturated rings. The van der Waals surface area contributed by atoms with E-state index in [9.17, 15) is 4.79 Å². The summed E-state index contributed by atoms with van der Waals surface area (Å²) in [5, 5.41) is 3.42. The van der Waals surface area contributed by atoms with Crippen LogP contribution in [-0.2, 0) is 0 Å². The molecule has 0 saturated heterocycles. The highest BCUT2D eigenvalue weighted by atomic mass is 79.9. The molecule has 3 nitrogen and oxygen atoms in total. The third-order valence-corrected chi connectivity index (χ3v) is 3.73. The number of nitrogens with one attached hydrogen (secondary N) is 1. The molecular formula is C14H12BrClN2O. The molecular weight excluding hydrogens is 328 g/mol. The van der Waals surface area contributed by atoms with E-state index in [2.05, 4.69) is 26.2 Å². The Bertz CT molecular complexity index is 626. The van der Waals surface area contributed by atoms with E-state index >= 15 is 0 Å². The fourth-order valence-electron chi connectivity index (χ4n) is 1.54. The molecule has 19 heavy (non-hydrogen) atoms. The number of rotatable bonds is 2. The molecule has 0 unspecified atom stereocenters. The molecule has 0 aliphatic heterocycles. The van der Waals surface area contributed by atoms with Gasteiger partial charge in [0.15, 0.2) is 0 Å². The summed E-state index contributed by atoms with van der Waals surface area (Å²) in [4.78, 5) is 16.2. The lowest BCUT2D eigenvalue weighted by Crippen LogP contribution is -2.12. The zero-order valence-electron chi connectivity index (χ0n) is 10.5. The number of pyridine rings is 1. The number of anilines is 1. The molecule has 0 saturated carbocycles. The minimum atomic E-state index is -0.215. The monoisotopic (exact) mass is 338 g/mol. The maximum atomic E-state index is 12.1. The van der Waals surface area contributed by atoms with Gasteiger partial charge in [-0.25, -0.2) is 0 Å². The Hall–Kier alpha value is -1.39. The second-order valence-corrected chi connectivity index (χ2v) is 5.49. The van der Waals surface area contributed by atoms with Gasteiger partial charge >= 0.3 is 0 Å². The van der Waals surface area contributed by atoms with Crippen molar-refractivity contribution in [3.05, 3.63) is 56.8 Å². The number of aromatic nitrogens is 1. The van der Waals surface area contributed by atoms with Crippen molar-refractivity contribution in [1.29, 1.82) is 0 Å². The number of carbonyl (C=O) groups excluding carboxylic acids is 1. The van der Waals surface area contributed by atoms with E-state index < -0.39 is 0 Å². The first-order valence-electron chi connectivity index (χ1n) is 5.67. The van der Waals surface area contributed by atoms with Crippen molar-refractivity contribution in [3.63, 3.8) is 0 Å². The number of amides is 1. The third-order valence-electron chi connectivity index (χ3n) is 2.67. The molecule has 1 amide bonds. The van der Waals surface area contributed by atoms with Crippen LogP contribution in [0, 0.1) is 13.8 Å². The molecule has 0 atom stereocenters. The van der Waals surface area contributed by atoms with E-state index in [0.29, 0.717) is 16.3 Å². The average Bonchev–Trinajstić information content (AvgIpc) is 2.36. The lowest BCUT2D eigenvalue weighted by molar-refractivity contribution is 0.102. The molecule has 2 rings (SSSR count). The number of benzene rings is 1. The SMILES string of the molecule is Cc1ccc(C(=O)Nc2cc(Cl)c(C)cc2Br)cn1. The molecule has 0 spiro atoms. The van der Waals surface area contributed by atoms with E-state index in [-0.39, 0.29) is 5.91 Å². The van der Waals surface area contributed by atoms with Crippen LogP contribution in [0.1, 0.15) is 21.6 Å². The normalized spacial score (nSPS) is 10.3. The smallest absolute Gasteiger partial charge is 0.257 e. The van der Waals surface area contributed by atoms with Crippen molar-refractivity contribution >= 4 is 39.1 Å². The van der Waals surface area contributed by atoms with Crippen molar-refractivity contribution < 1.29 is 4.79 Å². The summed E-state index contributed by atoms with van der Waals surface area (Å²) in [5.41, 5.74) is 2.97. The molecule has 1 aromatic carbocycles. The van der Waals surface area contributed by atoms with Crippen LogP contribution in [0.15, 0.2) is 34.9 Å². The van der Waals surface area contributed by atoms with Gasteiger partial charge in [-0.05, 0) is 59.6 Å². The van der Waals surface area contributed by atoms with Crippen LogP contribution >= 0.6 is 27.5 Å². The number of aryl methyl sites for hydroxylation is 2. The Labute approximate surface area is 125 Å². The molecule has 0 aliphatic rings. The Morgan fingerprint density at radius 3 is 2.68 bits per heavy atom. The summed E-state index contributed by atoms with van der Waals surface area (Å²) in [6, 6.07) is 7.12. The second kappa shape index (κ2) is 5.72. The molecule has 1 aromatic heterocycles. The highest BCUT2D eigenvalue weighted by Crippen LogP contribution is 2.29. The van der Waals surface area contributed by atoms with Crippen molar-refractivity contribution in [2.75, 3.05) is 5.32 Å². The standard InChI is InChI=1S/C14H12BrClN2O/c1-8-5-11(15)13(6-12(8)16)18-14(19)10-4-3-9(2)17-7-10/h3-7H,1-2H3,(H,18,19). The first-order valence-corrected chi connectivity index (χ1v) is 6.84. The first-order chi connectivity index (χ1) is 8.97. The fraction of sp³-hybridized carbons (Fsp3) is 0.143. The fourth-order valence-corrected chi connectivity index (χ4v) is 2.26. The number of nitrogens with zero attached hydrogens (tertiary/aromatic N) is 1. The van der Waals surface area contributed by atoms with E-state index in [1.807, 2.05) is 19.9 Å². The third kappa shape index (κ3) is 3.33. The van der Waals surface area contributed by atoms with Gasteiger partial charge in [-0.1, -0.05) is 11.6 Å². The molecule has 1 N–H and O–H groups in total. The van der Waals surface area contributed by atoms with Gasteiger partial charge < -0.3 is 5.32 Å². The van der Waals surface area contributed by atoms with Gasteiger partial charge in [0.1, 0.15) is 0 Å². The summed E-state index contributed by atoms with van der Waals surface area (Å²) >= 11 is 9.46. The Balaban J connectivity index is 2.24. The van der Waals surface area contributed by atoms with E-state index in [1.54, 1.807) is 24.4 Å². The van der Waals surface area contributed by atoms with Gasteiger partial charge in [-0.2, -0.15) is 0 Å². The lowest BCUT2D eigenvalue weighted by atomic mass is 10.2. The lowest BCUT2D eigenvalue weighted by Gasteiger charge is -2.09. The minimum absolute atomic E-state index is 0.215. The quantitative estimate of drug-likeness (QED) is 0.883. The van der Waals surface area contributed by atoms with Crippen LogP contribution in [0.4, 0.5) is 5.69 Å². The van der Waals surface area contributed by atoms with Gasteiger partial charge in [-0.3, -0.25) is 9.78 Å². The van der Waals surface area contributed by atoms with Crippen LogP contribution in [0.25, 0.3) is 0 Å². The highest BCUT2D eigenvalue weighted by Gasteiger charge is 2.10. The number of hydrogen-bond donors (Lipinski definition) is 1. The Morgan fingerprint density at radius 1 is 1.32 bits per heavy atom. The van der Waals surface area contributed by atoms with Gasteiger partial charge in [0, 0.05) is 21.4 Å². The number of halogens is 2.